The van der Waals surface area contributed by atoms with Gasteiger partial charge in [-0.25, -0.2) is 0 Å². The summed E-state index contributed by atoms with van der Waals surface area (Å²) in [5.41, 5.74) is 0.291. The maximum Gasteiger partial charge on any atom is 0.0302 e. The van der Waals surface area contributed by atoms with Crippen LogP contribution in [0.15, 0.2) is 12.1 Å². The molecule has 0 saturated heterocycles. The molecule has 20 heavy (non-hydrogen) atoms. The summed E-state index contributed by atoms with van der Waals surface area (Å²) in [7, 11) is 0. The third-order valence-electron chi connectivity index (χ3n) is 5.43. The molecule has 1 aromatic heterocycles. The molecule has 2 aliphatic carbocycles. The lowest BCUT2D eigenvalue weighted by Gasteiger charge is -2.28. The van der Waals surface area contributed by atoms with E-state index in [1.807, 2.05) is 11.3 Å². The van der Waals surface area contributed by atoms with Crippen molar-refractivity contribution >= 4 is 11.3 Å². The third kappa shape index (κ3) is 2.96. The summed E-state index contributed by atoms with van der Waals surface area (Å²) in [5, 5.41) is 3.80. The van der Waals surface area contributed by atoms with Gasteiger partial charge < -0.3 is 5.32 Å². The Kier molecular flexibility index (Phi) is 3.98. The van der Waals surface area contributed by atoms with E-state index >= 15 is 0 Å². The minimum absolute atomic E-state index is 0.291. The van der Waals surface area contributed by atoms with Gasteiger partial charge in [-0.3, -0.25) is 0 Å². The third-order valence-corrected chi connectivity index (χ3v) is 6.95. The Morgan fingerprint density at radius 1 is 1.25 bits per heavy atom. The summed E-state index contributed by atoms with van der Waals surface area (Å²) in [5.74, 6) is 3.02. The van der Waals surface area contributed by atoms with Crippen molar-refractivity contribution in [1.29, 1.82) is 0 Å². The second-order valence-electron chi connectivity index (χ2n) is 8.02. The van der Waals surface area contributed by atoms with Gasteiger partial charge in [0.15, 0.2) is 0 Å². The molecule has 4 unspecified atom stereocenters. The molecule has 0 radical (unpaired) electrons. The van der Waals surface area contributed by atoms with Crippen molar-refractivity contribution in [2.24, 2.45) is 17.8 Å². The zero-order valence-electron chi connectivity index (χ0n) is 13.4. The smallest absolute Gasteiger partial charge is 0.0302 e. The summed E-state index contributed by atoms with van der Waals surface area (Å²) < 4.78 is 0. The van der Waals surface area contributed by atoms with Gasteiger partial charge in [0.25, 0.3) is 0 Å². The number of hydrogen-bond donors (Lipinski definition) is 1. The molecule has 2 fully saturated rings. The Morgan fingerprint density at radius 3 is 2.60 bits per heavy atom. The van der Waals surface area contributed by atoms with E-state index in [0.29, 0.717) is 11.5 Å². The van der Waals surface area contributed by atoms with Crippen LogP contribution >= 0.6 is 11.3 Å². The Balaban J connectivity index is 1.53. The molecular weight excluding hydrogens is 262 g/mol. The van der Waals surface area contributed by atoms with E-state index in [1.54, 1.807) is 0 Å². The van der Waals surface area contributed by atoms with E-state index in [0.717, 1.165) is 24.3 Å². The zero-order chi connectivity index (χ0) is 14.3. The van der Waals surface area contributed by atoms with Crippen LogP contribution < -0.4 is 5.32 Å². The van der Waals surface area contributed by atoms with Gasteiger partial charge in [0.05, 0.1) is 0 Å². The molecule has 1 heterocycles. The Hall–Kier alpha value is -0.340. The molecule has 112 valence electrons. The van der Waals surface area contributed by atoms with Crippen LogP contribution in [0.1, 0.15) is 63.1 Å². The van der Waals surface area contributed by atoms with Crippen LogP contribution in [-0.2, 0) is 12.0 Å². The lowest BCUT2D eigenvalue weighted by molar-refractivity contribution is 0.260. The number of nitrogens with one attached hydrogen (secondary N) is 1. The summed E-state index contributed by atoms with van der Waals surface area (Å²) in [6.07, 6.45) is 6.00. The fourth-order valence-corrected chi connectivity index (χ4v) is 5.21. The highest BCUT2D eigenvalue weighted by atomic mass is 32.1. The molecule has 1 aromatic rings. The first-order valence-corrected chi connectivity index (χ1v) is 9.07. The van der Waals surface area contributed by atoms with Crippen LogP contribution in [0.4, 0.5) is 0 Å². The second-order valence-corrected chi connectivity index (χ2v) is 9.19. The molecule has 4 atom stereocenters. The lowest BCUT2D eigenvalue weighted by atomic mass is 9.84. The highest BCUT2D eigenvalue weighted by molar-refractivity contribution is 7.12. The van der Waals surface area contributed by atoms with Crippen molar-refractivity contribution in [3.8, 4) is 0 Å². The molecule has 2 aliphatic rings. The fraction of sp³-hybridized carbons (Fsp3) is 0.778. The zero-order valence-corrected chi connectivity index (χ0v) is 14.2. The standard InChI is InChI=1S/C18H29NS/c1-12(16-10-13-5-6-14(16)9-13)19-11-15-7-8-17(20-15)18(2,3)4/h7-8,12-14,16,19H,5-6,9-11H2,1-4H3. The average Bonchev–Trinajstić information content (AvgIpc) is 3.10. The highest BCUT2D eigenvalue weighted by Gasteiger charge is 2.41. The predicted octanol–water partition coefficient (Wildman–Crippen LogP) is 4.96. The van der Waals surface area contributed by atoms with Crippen molar-refractivity contribution in [3.05, 3.63) is 21.9 Å². The van der Waals surface area contributed by atoms with Crippen molar-refractivity contribution in [2.45, 2.75) is 71.4 Å². The minimum Gasteiger partial charge on any atom is -0.309 e. The number of hydrogen-bond acceptors (Lipinski definition) is 2. The fourth-order valence-electron chi connectivity index (χ4n) is 4.20. The molecule has 2 heteroatoms. The van der Waals surface area contributed by atoms with Gasteiger partial charge in [-0.15, -0.1) is 11.3 Å². The molecule has 2 bridgehead atoms. The molecular formula is C18H29NS. The molecule has 1 N–H and O–H groups in total. The van der Waals surface area contributed by atoms with Gasteiger partial charge in [0.2, 0.25) is 0 Å². The number of thiophene rings is 1. The van der Waals surface area contributed by atoms with E-state index in [4.69, 9.17) is 0 Å². The van der Waals surface area contributed by atoms with Crippen molar-refractivity contribution in [2.75, 3.05) is 0 Å². The van der Waals surface area contributed by atoms with Crippen LogP contribution in [0.5, 0.6) is 0 Å². The molecule has 0 spiro atoms. The second kappa shape index (κ2) is 5.46. The Morgan fingerprint density at radius 2 is 2.05 bits per heavy atom. The first-order chi connectivity index (χ1) is 9.43. The summed E-state index contributed by atoms with van der Waals surface area (Å²) in [6.45, 7) is 10.4. The van der Waals surface area contributed by atoms with Gasteiger partial charge in [0, 0.05) is 22.3 Å². The van der Waals surface area contributed by atoms with E-state index in [-0.39, 0.29) is 0 Å². The van der Waals surface area contributed by atoms with Crippen LogP contribution in [0.3, 0.4) is 0 Å². The quantitative estimate of drug-likeness (QED) is 0.826. The van der Waals surface area contributed by atoms with Gasteiger partial charge in [-0.2, -0.15) is 0 Å². The number of rotatable bonds is 4. The van der Waals surface area contributed by atoms with Crippen LogP contribution in [0.2, 0.25) is 0 Å². The molecule has 2 saturated carbocycles. The molecule has 3 rings (SSSR count). The van der Waals surface area contributed by atoms with Gasteiger partial charge >= 0.3 is 0 Å². The maximum absolute atomic E-state index is 3.80. The van der Waals surface area contributed by atoms with Crippen molar-refractivity contribution in [1.82, 2.24) is 5.32 Å². The van der Waals surface area contributed by atoms with Crippen LogP contribution in [0, 0.1) is 17.8 Å². The van der Waals surface area contributed by atoms with E-state index in [2.05, 4.69) is 45.1 Å². The normalized spacial score (nSPS) is 30.9. The minimum atomic E-state index is 0.291. The molecule has 0 aliphatic heterocycles. The maximum atomic E-state index is 3.80. The Labute approximate surface area is 128 Å². The monoisotopic (exact) mass is 291 g/mol. The SMILES string of the molecule is CC(NCc1ccc(C(C)(C)C)s1)C1CC2CCC1C2. The molecule has 0 aromatic carbocycles. The first kappa shape index (κ1) is 14.6. The first-order valence-electron chi connectivity index (χ1n) is 8.26. The molecule has 1 nitrogen and oxygen atoms in total. The van der Waals surface area contributed by atoms with Crippen molar-refractivity contribution in [3.63, 3.8) is 0 Å². The average molecular weight is 292 g/mol. The predicted molar refractivity (Wildman–Crippen MR) is 88.3 cm³/mol. The van der Waals surface area contributed by atoms with Crippen molar-refractivity contribution < 1.29 is 0 Å². The Bertz CT molecular complexity index is 456. The van der Waals surface area contributed by atoms with E-state index < -0.39 is 0 Å². The summed E-state index contributed by atoms with van der Waals surface area (Å²) >= 11 is 1.98. The summed E-state index contributed by atoms with van der Waals surface area (Å²) in [6, 6.07) is 5.31. The molecule has 0 amide bonds. The van der Waals surface area contributed by atoms with Gasteiger partial charge in [-0.05, 0) is 61.5 Å². The van der Waals surface area contributed by atoms with Gasteiger partial charge in [-0.1, -0.05) is 27.2 Å². The largest absolute Gasteiger partial charge is 0.309 e. The van der Waals surface area contributed by atoms with E-state index in [1.165, 1.54) is 35.4 Å². The number of fused-ring (bicyclic) bond motifs is 2. The van der Waals surface area contributed by atoms with Crippen LogP contribution in [-0.4, -0.2) is 6.04 Å². The topological polar surface area (TPSA) is 12.0 Å². The van der Waals surface area contributed by atoms with Crippen LogP contribution in [0.25, 0.3) is 0 Å². The van der Waals surface area contributed by atoms with Gasteiger partial charge in [0.1, 0.15) is 0 Å². The van der Waals surface area contributed by atoms with E-state index in [9.17, 15) is 0 Å². The summed E-state index contributed by atoms with van der Waals surface area (Å²) in [4.78, 5) is 2.99. The lowest BCUT2D eigenvalue weighted by Crippen LogP contribution is -2.35. The highest BCUT2D eigenvalue weighted by Crippen LogP contribution is 2.49.